The normalized spacial score (nSPS) is 16.6. The lowest BCUT2D eigenvalue weighted by Crippen LogP contribution is -2.31. The highest BCUT2D eigenvalue weighted by Crippen LogP contribution is 2.34. The summed E-state index contributed by atoms with van der Waals surface area (Å²) in [5, 5.41) is 11.9. The Morgan fingerprint density at radius 2 is 1.36 bits per heavy atom. The van der Waals surface area contributed by atoms with Crippen molar-refractivity contribution in [1.82, 2.24) is 0 Å². The van der Waals surface area contributed by atoms with Gasteiger partial charge in [-0.3, -0.25) is 0 Å². The van der Waals surface area contributed by atoms with E-state index in [1.165, 1.54) is 30.5 Å². The maximum absolute atomic E-state index is 11.9. The lowest BCUT2D eigenvalue weighted by molar-refractivity contribution is 0.0811. The van der Waals surface area contributed by atoms with Gasteiger partial charge in [0, 0.05) is 25.2 Å². The van der Waals surface area contributed by atoms with Gasteiger partial charge in [0.1, 0.15) is 5.60 Å². The fourth-order valence-electron chi connectivity index (χ4n) is 4.19. The smallest absolute Gasteiger partial charge is 0.119 e. The molecule has 0 saturated carbocycles. The minimum absolute atomic E-state index is 0.556. The van der Waals surface area contributed by atoms with Crippen LogP contribution in [0.3, 0.4) is 0 Å². The Morgan fingerprint density at radius 1 is 0.750 bits per heavy atom. The monoisotopic (exact) mass is 371 g/mol. The first kappa shape index (κ1) is 18.8. The summed E-state index contributed by atoms with van der Waals surface area (Å²) in [4.78, 5) is 2.45. The summed E-state index contributed by atoms with van der Waals surface area (Å²) < 4.78 is 0. The van der Waals surface area contributed by atoms with Crippen LogP contribution in [-0.4, -0.2) is 18.2 Å². The number of benzene rings is 3. The van der Waals surface area contributed by atoms with E-state index in [1.807, 2.05) is 30.3 Å². The third-order valence-electron chi connectivity index (χ3n) is 5.90. The predicted molar refractivity (Wildman–Crippen MR) is 117 cm³/mol. The van der Waals surface area contributed by atoms with Crippen LogP contribution in [0, 0.1) is 6.92 Å². The van der Waals surface area contributed by atoms with Gasteiger partial charge in [-0.05, 0) is 55.0 Å². The van der Waals surface area contributed by atoms with Crippen molar-refractivity contribution >= 4 is 5.69 Å². The number of nitrogens with zero attached hydrogens (tertiary/aromatic N) is 1. The van der Waals surface area contributed by atoms with Crippen LogP contribution in [0.4, 0.5) is 5.69 Å². The number of piperidine rings is 1. The van der Waals surface area contributed by atoms with Crippen molar-refractivity contribution < 1.29 is 5.11 Å². The molecular weight excluding hydrogens is 342 g/mol. The Labute approximate surface area is 168 Å². The molecule has 2 nitrogen and oxygen atoms in total. The summed E-state index contributed by atoms with van der Waals surface area (Å²) in [6.45, 7) is 4.35. The highest BCUT2D eigenvalue weighted by Gasteiger charge is 2.32. The summed E-state index contributed by atoms with van der Waals surface area (Å²) in [5.74, 6) is 0. The van der Waals surface area contributed by atoms with Gasteiger partial charge in [-0.25, -0.2) is 0 Å². The van der Waals surface area contributed by atoms with E-state index in [-0.39, 0.29) is 0 Å². The van der Waals surface area contributed by atoms with E-state index in [0.717, 1.165) is 29.8 Å². The molecule has 0 spiro atoms. The van der Waals surface area contributed by atoms with E-state index in [9.17, 15) is 5.11 Å². The molecule has 0 amide bonds. The summed E-state index contributed by atoms with van der Waals surface area (Å²) in [7, 11) is 0. The van der Waals surface area contributed by atoms with Gasteiger partial charge < -0.3 is 10.0 Å². The zero-order chi connectivity index (χ0) is 19.4. The zero-order valence-corrected chi connectivity index (χ0v) is 16.6. The number of hydrogen-bond acceptors (Lipinski definition) is 2. The molecule has 1 aliphatic rings. The fourth-order valence-corrected chi connectivity index (χ4v) is 4.19. The number of aryl methyl sites for hydroxylation is 1. The first-order valence-electron chi connectivity index (χ1n) is 10.3. The standard InChI is InChI=1S/C26H29NO/c1-21-10-12-22(13-11-21)20-26(28,23-8-4-2-5-9-23)24-14-16-25(17-15-24)27-18-6-3-7-19-27/h2,4-5,8-17,28H,3,6-7,18-20H2,1H3. The number of anilines is 1. The SMILES string of the molecule is Cc1ccc(CC(O)(c2ccccc2)c2ccc(N3CCCCC3)cc2)cc1. The van der Waals surface area contributed by atoms with Gasteiger partial charge in [0.15, 0.2) is 0 Å². The van der Waals surface area contributed by atoms with E-state index in [4.69, 9.17) is 0 Å². The Balaban J connectivity index is 1.67. The molecule has 28 heavy (non-hydrogen) atoms. The molecular formula is C26H29NO. The molecule has 1 saturated heterocycles. The van der Waals surface area contributed by atoms with Crippen LogP contribution in [0.5, 0.6) is 0 Å². The van der Waals surface area contributed by atoms with Gasteiger partial charge in [0.25, 0.3) is 0 Å². The second-order valence-corrected chi connectivity index (χ2v) is 7.98. The fraction of sp³-hybridized carbons (Fsp3) is 0.308. The van der Waals surface area contributed by atoms with Crippen molar-refractivity contribution in [2.45, 2.75) is 38.2 Å². The average Bonchev–Trinajstić information content (AvgIpc) is 2.77. The van der Waals surface area contributed by atoms with E-state index >= 15 is 0 Å². The summed E-state index contributed by atoms with van der Waals surface area (Å²) in [6.07, 6.45) is 4.42. The molecule has 0 radical (unpaired) electrons. The molecule has 1 unspecified atom stereocenters. The summed E-state index contributed by atoms with van der Waals surface area (Å²) >= 11 is 0. The summed E-state index contributed by atoms with van der Waals surface area (Å²) in [5.41, 5.74) is 4.46. The van der Waals surface area contributed by atoms with Gasteiger partial charge in [-0.1, -0.05) is 72.3 Å². The van der Waals surface area contributed by atoms with Crippen molar-refractivity contribution in [3.05, 3.63) is 101 Å². The maximum atomic E-state index is 11.9. The minimum atomic E-state index is -1.04. The minimum Gasteiger partial charge on any atom is -0.380 e. The highest BCUT2D eigenvalue weighted by atomic mass is 16.3. The van der Waals surface area contributed by atoms with Crippen LogP contribution < -0.4 is 4.90 Å². The van der Waals surface area contributed by atoms with Gasteiger partial charge in [-0.2, -0.15) is 0 Å². The van der Waals surface area contributed by atoms with Crippen molar-refractivity contribution in [3.63, 3.8) is 0 Å². The van der Waals surface area contributed by atoms with Crippen LogP contribution in [-0.2, 0) is 12.0 Å². The zero-order valence-electron chi connectivity index (χ0n) is 16.6. The third-order valence-corrected chi connectivity index (χ3v) is 5.90. The molecule has 1 heterocycles. The van der Waals surface area contributed by atoms with Gasteiger partial charge in [0.2, 0.25) is 0 Å². The highest BCUT2D eigenvalue weighted by molar-refractivity contribution is 5.50. The van der Waals surface area contributed by atoms with Gasteiger partial charge in [-0.15, -0.1) is 0 Å². The Bertz CT molecular complexity index is 880. The molecule has 144 valence electrons. The van der Waals surface area contributed by atoms with Crippen LogP contribution in [0.15, 0.2) is 78.9 Å². The Kier molecular flexibility index (Phi) is 5.50. The molecule has 1 atom stereocenters. The average molecular weight is 372 g/mol. The van der Waals surface area contributed by atoms with Crippen LogP contribution >= 0.6 is 0 Å². The topological polar surface area (TPSA) is 23.5 Å². The molecule has 4 rings (SSSR count). The molecule has 1 fully saturated rings. The van der Waals surface area contributed by atoms with Crippen molar-refractivity contribution in [2.75, 3.05) is 18.0 Å². The number of rotatable bonds is 5. The van der Waals surface area contributed by atoms with Crippen LogP contribution in [0.25, 0.3) is 0 Å². The second kappa shape index (κ2) is 8.20. The molecule has 3 aromatic rings. The van der Waals surface area contributed by atoms with Gasteiger partial charge in [0.05, 0.1) is 0 Å². The van der Waals surface area contributed by atoms with E-state index in [2.05, 4.69) is 60.4 Å². The lowest BCUT2D eigenvalue weighted by Gasteiger charge is -2.32. The Hall–Kier alpha value is -2.58. The molecule has 3 aromatic carbocycles. The van der Waals surface area contributed by atoms with Crippen LogP contribution in [0.2, 0.25) is 0 Å². The van der Waals surface area contributed by atoms with E-state index < -0.39 is 5.60 Å². The third kappa shape index (κ3) is 3.98. The lowest BCUT2D eigenvalue weighted by atomic mass is 9.81. The first-order chi connectivity index (χ1) is 13.6. The largest absolute Gasteiger partial charge is 0.380 e. The van der Waals surface area contributed by atoms with Crippen molar-refractivity contribution in [1.29, 1.82) is 0 Å². The maximum Gasteiger partial charge on any atom is 0.119 e. The Morgan fingerprint density at radius 3 is 2.00 bits per heavy atom. The molecule has 0 aliphatic carbocycles. The summed E-state index contributed by atoms with van der Waals surface area (Å²) in [6, 6.07) is 27.0. The molecule has 2 heteroatoms. The van der Waals surface area contributed by atoms with Gasteiger partial charge >= 0.3 is 0 Å². The quantitative estimate of drug-likeness (QED) is 0.643. The van der Waals surface area contributed by atoms with Crippen molar-refractivity contribution in [3.8, 4) is 0 Å². The van der Waals surface area contributed by atoms with Crippen LogP contribution in [0.1, 0.15) is 41.5 Å². The van der Waals surface area contributed by atoms with E-state index in [1.54, 1.807) is 0 Å². The molecule has 1 aliphatic heterocycles. The molecule has 1 N–H and O–H groups in total. The van der Waals surface area contributed by atoms with Crippen molar-refractivity contribution in [2.24, 2.45) is 0 Å². The second-order valence-electron chi connectivity index (χ2n) is 7.98. The molecule has 0 bridgehead atoms. The number of hydrogen-bond donors (Lipinski definition) is 1. The predicted octanol–water partition coefficient (Wildman–Crippen LogP) is 5.46. The van der Waals surface area contributed by atoms with E-state index in [0.29, 0.717) is 6.42 Å². The first-order valence-corrected chi connectivity index (χ1v) is 10.3. The molecule has 0 aromatic heterocycles. The number of aliphatic hydroxyl groups is 1.